The molecule has 2 aromatic heterocycles. The summed E-state index contributed by atoms with van der Waals surface area (Å²) in [7, 11) is 1.44. The van der Waals surface area contributed by atoms with E-state index < -0.39 is 22.9 Å². The van der Waals surface area contributed by atoms with Gasteiger partial charge in [-0.2, -0.15) is 10.2 Å². The van der Waals surface area contributed by atoms with Gasteiger partial charge in [-0.1, -0.05) is 24.3 Å². The molecule has 1 aliphatic rings. The van der Waals surface area contributed by atoms with Crippen LogP contribution in [0.3, 0.4) is 0 Å². The summed E-state index contributed by atoms with van der Waals surface area (Å²) in [6.45, 7) is 10.6. The van der Waals surface area contributed by atoms with E-state index in [2.05, 4.69) is 18.0 Å². The molecule has 1 N–H and O–H groups in total. The van der Waals surface area contributed by atoms with Crippen LogP contribution in [-0.4, -0.2) is 49.5 Å². The Morgan fingerprint density at radius 2 is 2.03 bits per heavy atom. The maximum absolute atomic E-state index is 13.4. The van der Waals surface area contributed by atoms with Crippen LogP contribution in [0.15, 0.2) is 46.5 Å². The number of fused-ring (bicyclic) bond motifs is 1. The molecule has 200 valence electrons. The van der Waals surface area contributed by atoms with E-state index >= 15 is 0 Å². The molecule has 38 heavy (non-hydrogen) atoms. The fraction of sp³-hybridized carbons (Fsp3) is 0.444. The minimum absolute atomic E-state index is 0.178. The molecule has 1 unspecified atom stereocenters. The van der Waals surface area contributed by atoms with Crippen molar-refractivity contribution in [3.05, 3.63) is 68.9 Å². The highest BCUT2D eigenvalue weighted by Gasteiger charge is 2.29. The second kappa shape index (κ2) is 10.6. The first kappa shape index (κ1) is 26.7. The summed E-state index contributed by atoms with van der Waals surface area (Å²) in [5, 5.41) is 12.6. The van der Waals surface area contributed by atoms with E-state index in [1.807, 2.05) is 37.8 Å². The van der Waals surface area contributed by atoms with Crippen LogP contribution >= 0.6 is 0 Å². The highest BCUT2D eigenvalue weighted by molar-refractivity contribution is 5.75. The van der Waals surface area contributed by atoms with E-state index in [1.54, 1.807) is 22.8 Å². The van der Waals surface area contributed by atoms with Crippen LogP contribution in [0, 0.1) is 11.3 Å². The van der Waals surface area contributed by atoms with Crippen molar-refractivity contribution >= 4 is 23.2 Å². The third kappa shape index (κ3) is 5.34. The number of allylic oxidation sites excluding steroid dienone is 1. The standard InChI is InChI=1S/C27H33N7O4/c1-6-13-33-22-21(23(35)31(5)26(33)37)34(16-19-11-8-7-10-18(19)15-28)24(30-22)32-14-9-12-20(17-32)29-25(36)38-27(2,3)4/h6-8,10-11,20H,1,9,12-14,16-17H2,2-5H3,(H,29,36). The van der Waals surface area contributed by atoms with Gasteiger partial charge in [-0.3, -0.25) is 18.5 Å². The number of aromatic nitrogens is 4. The van der Waals surface area contributed by atoms with E-state index in [9.17, 15) is 19.6 Å². The number of hydrogen-bond acceptors (Lipinski definition) is 7. The minimum atomic E-state index is -0.616. The Hall–Kier alpha value is -4.33. The van der Waals surface area contributed by atoms with Crippen LogP contribution in [0.4, 0.5) is 10.7 Å². The number of carbonyl (C=O) groups is 1. The number of amides is 1. The molecule has 3 aromatic rings. The van der Waals surface area contributed by atoms with Crippen molar-refractivity contribution in [3.8, 4) is 6.07 Å². The quantitative estimate of drug-likeness (QED) is 0.496. The number of rotatable bonds is 6. The van der Waals surface area contributed by atoms with E-state index in [4.69, 9.17) is 9.72 Å². The number of piperidine rings is 1. The molecule has 4 rings (SSSR count). The zero-order valence-corrected chi connectivity index (χ0v) is 22.2. The first-order valence-corrected chi connectivity index (χ1v) is 12.6. The predicted molar refractivity (Wildman–Crippen MR) is 144 cm³/mol. The molecule has 11 heteroatoms. The van der Waals surface area contributed by atoms with E-state index in [1.165, 1.54) is 11.6 Å². The number of imidazole rings is 1. The van der Waals surface area contributed by atoms with Crippen molar-refractivity contribution in [3.63, 3.8) is 0 Å². The van der Waals surface area contributed by atoms with Gasteiger partial charge < -0.3 is 15.0 Å². The Labute approximate surface area is 220 Å². The lowest BCUT2D eigenvalue weighted by atomic mass is 10.1. The summed E-state index contributed by atoms with van der Waals surface area (Å²) in [5.41, 5.74) is 0.149. The van der Waals surface area contributed by atoms with Crippen molar-refractivity contribution in [2.24, 2.45) is 7.05 Å². The zero-order chi connectivity index (χ0) is 27.6. The number of hydrogen-bond donors (Lipinski definition) is 1. The van der Waals surface area contributed by atoms with E-state index in [-0.39, 0.29) is 30.3 Å². The lowest BCUT2D eigenvalue weighted by molar-refractivity contribution is 0.0499. The highest BCUT2D eigenvalue weighted by atomic mass is 16.6. The van der Waals surface area contributed by atoms with Crippen molar-refractivity contribution in [2.45, 2.75) is 58.3 Å². The largest absolute Gasteiger partial charge is 0.444 e. The summed E-state index contributed by atoms with van der Waals surface area (Å²) in [6.07, 6.45) is 2.62. The maximum atomic E-state index is 13.4. The van der Waals surface area contributed by atoms with Crippen LogP contribution < -0.4 is 21.5 Å². The summed E-state index contributed by atoms with van der Waals surface area (Å²) in [4.78, 5) is 45.6. The number of alkyl carbamates (subject to hydrolysis) is 1. The van der Waals surface area contributed by atoms with E-state index in [0.717, 1.165) is 23.0 Å². The molecule has 0 bridgehead atoms. The van der Waals surface area contributed by atoms with Gasteiger partial charge in [-0.15, -0.1) is 6.58 Å². The van der Waals surface area contributed by atoms with Crippen LogP contribution in [0.2, 0.25) is 0 Å². The van der Waals surface area contributed by atoms with Gasteiger partial charge in [0.2, 0.25) is 5.95 Å². The first-order chi connectivity index (χ1) is 18.0. The smallest absolute Gasteiger partial charge is 0.407 e. The van der Waals surface area contributed by atoms with Crippen LogP contribution in [0.5, 0.6) is 0 Å². The number of nitriles is 1. The molecule has 3 heterocycles. The van der Waals surface area contributed by atoms with Gasteiger partial charge >= 0.3 is 11.8 Å². The van der Waals surface area contributed by atoms with Crippen LogP contribution in [0.1, 0.15) is 44.7 Å². The molecule has 1 fully saturated rings. The van der Waals surface area contributed by atoms with Gasteiger partial charge in [0.05, 0.1) is 18.2 Å². The lowest BCUT2D eigenvalue weighted by Crippen LogP contribution is -2.49. The summed E-state index contributed by atoms with van der Waals surface area (Å²) in [6, 6.07) is 9.19. The molecule has 0 saturated carbocycles. The molecular formula is C27H33N7O4. The number of benzene rings is 1. The SMILES string of the molecule is C=CCn1c(=O)n(C)c(=O)c2c1nc(N1CCCC(NC(=O)OC(C)(C)C)C1)n2Cc1ccccc1C#N. The van der Waals surface area contributed by atoms with Gasteiger partial charge in [0.15, 0.2) is 11.2 Å². The average Bonchev–Trinajstić information content (AvgIpc) is 3.23. The van der Waals surface area contributed by atoms with Crippen molar-refractivity contribution in [2.75, 3.05) is 18.0 Å². The lowest BCUT2D eigenvalue weighted by Gasteiger charge is -2.34. The number of ether oxygens (including phenoxy) is 1. The van der Waals surface area contributed by atoms with Crippen molar-refractivity contribution in [1.82, 2.24) is 24.0 Å². The maximum Gasteiger partial charge on any atom is 0.407 e. The number of anilines is 1. The fourth-order valence-corrected chi connectivity index (χ4v) is 4.72. The second-order valence-corrected chi connectivity index (χ2v) is 10.4. The zero-order valence-electron chi connectivity index (χ0n) is 22.2. The third-order valence-corrected chi connectivity index (χ3v) is 6.41. The Morgan fingerprint density at radius 3 is 2.71 bits per heavy atom. The van der Waals surface area contributed by atoms with Gasteiger partial charge in [-0.05, 0) is 45.2 Å². The Bertz CT molecular complexity index is 1530. The van der Waals surface area contributed by atoms with Crippen LogP contribution in [-0.2, 0) is 24.9 Å². The van der Waals surface area contributed by atoms with Gasteiger partial charge in [0.1, 0.15) is 5.60 Å². The number of carbonyl (C=O) groups excluding carboxylic acids is 1. The molecular weight excluding hydrogens is 486 g/mol. The number of nitrogens with zero attached hydrogens (tertiary/aromatic N) is 6. The summed E-state index contributed by atoms with van der Waals surface area (Å²) in [5.74, 6) is 0.490. The monoisotopic (exact) mass is 519 g/mol. The Morgan fingerprint density at radius 1 is 1.29 bits per heavy atom. The van der Waals surface area contributed by atoms with Crippen LogP contribution in [0.25, 0.3) is 11.2 Å². The molecule has 1 aromatic carbocycles. The Balaban J connectivity index is 1.83. The first-order valence-electron chi connectivity index (χ1n) is 12.6. The molecule has 0 spiro atoms. The van der Waals surface area contributed by atoms with Crippen molar-refractivity contribution in [1.29, 1.82) is 5.26 Å². The van der Waals surface area contributed by atoms with E-state index in [0.29, 0.717) is 24.6 Å². The summed E-state index contributed by atoms with van der Waals surface area (Å²) >= 11 is 0. The highest BCUT2D eigenvalue weighted by Crippen LogP contribution is 2.26. The van der Waals surface area contributed by atoms with Gasteiger partial charge in [0.25, 0.3) is 5.56 Å². The predicted octanol–water partition coefficient (Wildman–Crippen LogP) is 2.50. The number of nitrogens with one attached hydrogen (secondary N) is 1. The normalized spacial score (nSPS) is 15.8. The minimum Gasteiger partial charge on any atom is -0.444 e. The molecule has 0 aliphatic carbocycles. The average molecular weight is 520 g/mol. The summed E-state index contributed by atoms with van der Waals surface area (Å²) < 4.78 is 9.68. The Kier molecular flexibility index (Phi) is 7.44. The third-order valence-electron chi connectivity index (χ3n) is 6.41. The molecule has 11 nitrogen and oxygen atoms in total. The van der Waals surface area contributed by atoms with Crippen molar-refractivity contribution < 1.29 is 9.53 Å². The molecule has 1 saturated heterocycles. The molecule has 1 atom stereocenters. The molecule has 1 amide bonds. The molecule has 0 radical (unpaired) electrons. The van der Waals surface area contributed by atoms with Gasteiger partial charge in [-0.25, -0.2) is 9.59 Å². The topological polar surface area (TPSA) is 127 Å². The fourth-order valence-electron chi connectivity index (χ4n) is 4.72. The van der Waals surface area contributed by atoms with Gasteiger partial charge in [0, 0.05) is 32.7 Å². The second-order valence-electron chi connectivity index (χ2n) is 10.4. The molecule has 1 aliphatic heterocycles.